The van der Waals surface area contributed by atoms with E-state index in [-0.39, 0.29) is 16.8 Å². The maximum absolute atomic E-state index is 13.0. The Morgan fingerprint density at radius 3 is 2.22 bits per heavy atom. The van der Waals surface area contributed by atoms with Crippen LogP contribution in [0.3, 0.4) is 0 Å². The third-order valence-corrected chi connectivity index (χ3v) is 3.05. The second-order valence-corrected chi connectivity index (χ2v) is 4.73. The molecule has 0 spiro atoms. The van der Waals surface area contributed by atoms with Crippen LogP contribution in [0.2, 0.25) is 0 Å². The van der Waals surface area contributed by atoms with E-state index in [1.807, 2.05) is 0 Å². The molecule has 2 aromatic rings. The van der Waals surface area contributed by atoms with E-state index in [0.29, 0.717) is 6.07 Å². The summed E-state index contributed by atoms with van der Waals surface area (Å²) in [4.78, 5) is 23.5. The van der Waals surface area contributed by atoms with Crippen LogP contribution in [0, 0.1) is 0 Å². The lowest BCUT2D eigenvalue weighted by molar-refractivity contribution is 0.0600. The third kappa shape index (κ3) is 4.12. The van der Waals surface area contributed by atoms with Gasteiger partial charge < -0.3 is 23.0 Å². The van der Waals surface area contributed by atoms with Gasteiger partial charge in [0, 0.05) is 11.3 Å². The molecular formula is C15H12BF3NO3-. The minimum absolute atomic E-state index is 0.129. The molecule has 4 nitrogen and oxygen atoms in total. The first-order valence-electron chi connectivity index (χ1n) is 6.61. The van der Waals surface area contributed by atoms with Crippen molar-refractivity contribution in [3.8, 4) is 0 Å². The SMILES string of the molecule is COC(=O)c1cc(NC(=O)c2ccccc2)cc([B-](F)(F)F)c1. The summed E-state index contributed by atoms with van der Waals surface area (Å²) in [7, 11) is 1.07. The lowest BCUT2D eigenvalue weighted by Gasteiger charge is -2.18. The van der Waals surface area contributed by atoms with Crippen LogP contribution in [0.25, 0.3) is 0 Å². The predicted molar refractivity (Wildman–Crippen MR) is 80.9 cm³/mol. The largest absolute Gasteiger partial charge is 0.509 e. The quantitative estimate of drug-likeness (QED) is 0.696. The number of rotatable bonds is 4. The molecule has 2 aromatic carbocycles. The summed E-state index contributed by atoms with van der Waals surface area (Å²) in [6, 6.07) is 10.6. The van der Waals surface area contributed by atoms with Crippen LogP contribution in [0.15, 0.2) is 48.5 Å². The molecule has 0 atom stereocenters. The summed E-state index contributed by atoms with van der Waals surface area (Å²) in [5, 5.41) is 2.35. The molecule has 23 heavy (non-hydrogen) atoms. The van der Waals surface area contributed by atoms with Crippen molar-refractivity contribution in [3.63, 3.8) is 0 Å². The van der Waals surface area contributed by atoms with Crippen molar-refractivity contribution < 1.29 is 27.3 Å². The van der Waals surface area contributed by atoms with Crippen LogP contribution >= 0.6 is 0 Å². The van der Waals surface area contributed by atoms with E-state index in [4.69, 9.17) is 0 Å². The molecule has 0 aliphatic rings. The Labute approximate surface area is 130 Å². The van der Waals surface area contributed by atoms with Gasteiger partial charge in [-0.3, -0.25) is 4.79 Å². The fraction of sp³-hybridized carbons (Fsp3) is 0.0667. The number of anilines is 1. The number of hydrogen-bond donors (Lipinski definition) is 1. The summed E-state index contributed by atoms with van der Waals surface area (Å²) in [6.07, 6.45) is 0. The highest BCUT2D eigenvalue weighted by molar-refractivity contribution is 6.73. The maximum atomic E-state index is 13.0. The van der Waals surface area contributed by atoms with Crippen LogP contribution in [0.1, 0.15) is 20.7 Å². The third-order valence-electron chi connectivity index (χ3n) is 3.05. The number of halogens is 3. The standard InChI is InChI=1S/C15H12BF3NO3/c1-23-15(22)11-7-12(16(17,18)19)9-13(8-11)20-14(21)10-5-3-2-4-6-10/h2-9H,1H3,(H,20,21)/q-1. The van der Waals surface area contributed by atoms with Crippen molar-refractivity contribution in [2.45, 2.75) is 0 Å². The molecular weight excluding hydrogens is 310 g/mol. The van der Waals surface area contributed by atoms with Gasteiger partial charge in [-0.2, -0.15) is 0 Å². The summed E-state index contributed by atoms with van der Waals surface area (Å²) in [5.74, 6) is -1.49. The zero-order valence-electron chi connectivity index (χ0n) is 12.1. The van der Waals surface area contributed by atoms with Crippen molar-refractivity contribution in [3.05, 3.63) is 59.7 Å². The normalized spacial score (nSPS) is 11.0. The Balaban J connectivity index is 2.37. The van der Waals surface area contributed by atoms with Crippen molar-refractivity contribution in [1.29, 1.82) is 0 Å². The highest BCUT2D eigenvalue weighted by atomic mass is 19.4. The Kier molecular flexibility index (Phi) is 4.73. The number of nitrogens with one attached hydrogen (secondary N) is 1. The number of carbonyl (C=O) groups is 2. The minimum atomic E-state index is -5.33. The van der Waals surface area contributed by atoms with Crippen LogP contribution in [-0.4, -0.2) is 26.0 Å². The number of carbonyl (C=O) groups excluding carboxylic acids is 2. The van der Waals surface area contributed by atoms with E-state index in [1.165, 1.54) is 12.1 Å². The number of amides is 1. The Morgan fingerprint density at radius 2 is 1.65 bits per heavy atom. The highest BCUT2D eigenvalue weighted by Crippen LogP contribution is 2.17. The van der Waals surface area contributed by atoms with Gasteiger partial charge in [-0.05, 0) is 18.2 Å². The second kappa shape index (κ2) is 6.56. The van der Waals surface area contributed by atoms with Gasteiger partial charge in [0.2, 0.25) is 0 Å². The molecule has 1 N–H and O–H groups in total. The van der Waals surface area contributed by atoms with E-state index in [0.717, 1.165) is 19.2 Å². The molecule has 0 aliphatic heterocycles. The first-order chi connectivity index (χ1) is 10.8. The average Bonchev–Trinajstić information content (AvgIpc) is 2.53. The Hall–Kier alpha value is -2.77. The van der Waals surface area contributed by atoms with Gasteiger partial charge in [0.1, 0.15) is 0 Å². The van der Waals surface area contributed by atoms with Gasteiger partial charge in [-0.15, -0.1) is 5.46 Å². The number of ether oxygens (including phenoxy) is 1. The summed E-state index contributed by atoms with van der Waals surface area (Å²) in [5.41, 5.74) is -1.12. The monoisotopic (exact) mass is 322 g/mol. The lowest BCUT2D eigenvalue weighted by atomic mass is 9.79. The minimum Gasteiger partial charge on any atom is -0.465 e. The molecule has 0 saturated carbocycles. The molecule has 1 amide bonds. The highest BCUT2D eigenvalue weighted by Gasteiger charge is 2.27. The molecule has 0 unspecified atom stereocenters. The molecule has 0 aliphatic carbocycles. The first kappa shape index (κ1) is 16.6. The first-order valence-corrected chi connectivity index (χ1v) is 6.61. The lowest BCUT2D eigenvalue weighted by Crippen LogP contribution is -2.35. The molecule has 0 radical (unpaired) electrons. The topological polar surface area (TPSA) is 55.4 Å². The van der Waals surface area contributed by atoms with Gasteiger partial charge in [0.05, 0.1) is 12.7 Å². The number of esters is 1. The molecule has 0 heterocycles. The average molecular weight is 322 g/mol. The Morgan fingerprint density at radius 1 is 1.00 bits per heavy atom. The van der Waals surface area contributed by atoms with Gasteiger partial charge in [-0.25, -0.2) is 4.79 Å². The van der Waals surface area contributed by atoms with E-state index >= 15 is 0 Å². The number of hydrogen-bond acceptors (Lipinski definition) is 3. The maximum Gasteiger partial charge on any atom is 0.509 e. The molecule has 0 bridgehead atoms. The number of methoxy groups -OCH3 is 1. The van der Waals surface area contributed by atoms with E-state index in [2.05, 4.69) is 10.1 Å². The molecule has 8 heteroatoms. The van der Waals surface area contributed by atoms with Crippen LogP contribution in [0.4, 0.5) is 18.6 Å². The van der Waals surface area contributed by atoms with Crippen LogP contribution < -0.4 is 10.8 Å². The molecule has 0 saturated heterocycles. The smallest absolute Gasteiger partial charge is 0.465 e. The van der Waals surface area contributed by atoms with Gasteiger partial charge >= 0.3 is 12.9 Å². The second-order valence-electron chi connectivity index (χ2n) is 4.73. The van der Waals surface area contributed by atoms with Crippen molar-refractivity contribution in [1.82, 2.24) is 0 Å². The molecule has 0 aromatic heterocycles. The van der Waals surface area contributed by atoms with E-state index in [9.17, 15) is 22.5 Å². The van der Waals surface area contributed by atoms with Gasteiger partial charge in [-0.1, -0.05) is 30.3 Å². The van der Waals surface area contributed by atoms with Crippen LogP contribution in [-0.2, 0) is 4.74 Å². The van der Waals surface area contributed by atoms with E-state index in [1.54, 1.807) is 18.2 Å². The molecule has 120 valence electrons. The molecule has 2 rings (SSSR count). The van der Waals surface area contributed by atoms with Gasteiger partial charge in [0.15, 0.2) is 0 Å². The zero-order chi connectivity index (χ0) is 17.0. The van der Waals surface area contributed by atoms with Gasteiger partial charge in [0.25, 0.3) is 5.91 Å². The summed E-state index contributed by atoms with van der Waals surface area (Å²) >= 11 is 0. The van der Waals surface area contributed by atoms with Crippen molar-refractivity contribution >= 4 is 30.0 Å². The summed E-state index contributed by atoms with van der Waals surface area (Å²) in [6.45, 7) is -5.33. The molecule has 0 fully saturated rings. The predicted octanol–water partition coefficient (Wildman–Crippen LogP) is 2.78. The van der Waals surface area contributed by atoms with Crippen LogP contribution in [0.5, 0.6) is 0 Å². The fourth-order valence-corrected chi connectivity index (χ4v) is 1.94. The zero-order valence-corrected chi connectivity index (χ0v) is 12.1. The summed E-state index contributed by atoms with van der Waals surface area (Å²) < 4.78 is 43.4. The fourth-order valence-electron chi connectivity index (χ4n) is 1.94. The van der Waals surface area contributed by atoms with Crippen molar-refractivity contribution in [2.24, 2.45) is 0 Å². The Bertz CT molecular complexity index is 732. The van der Waals surface area contributed by atoms with Crippen molar-refractivity contribution in [2.75, 3.05) is 12.4 Å². The van der Waals surface area contributed by atoms with E-state index < -0.39 is 24.3 Å². The number of benzene rings is 2.